The van der Waals surface area contributed by atoms with Crippen LogP contribution in [0, 0.1) is 5.92 Å². The van der Waals surface area contributed by atoms with E-state index in [0.717, 1.165) is 31.5 Å². The van der Waals surface area contributed by atoms with Crippen molar-refractivity contribution in [3.05, 3.63) is 65.7 Å². The Hall–Kier alpha value is -2.00. The van der Waals surface area contributed by atoms with Gasteiger partial charge in [-0.25, -0.2) is 0 Å². The lowest BCUT2D eigenvalue weighted by Gasteiger charge is -2.17. The quantitative estimate of drug-likeness (QED) is 0.882. The van der Waals surface area contributed by atoms with E-state index in [4.69, 9.17) is 5.73 Å². The maximum atomic E-state index is 12.4. The van der Waals surface area contributed by atoms with Crippen molar-refractivity contribution in [1.29, 1.82) is 0 Å². The van der Waals surface area contributed by atoms with Crippen molar-refractivity contribution in [2.24, 2.45) is 5.92 Å². The van der Waals surface area contributed by atoms with E-state index in [2.05, 4.69) is 24.3 Å². The van der Waals surface area contributed by atoms with Crippen LogP contribution in [0.25, 0.3) is 0 Å². The summed E-state index contributed by atoms with van der Waals surface area (Å²) in [6.07, 6.45) is 2.13. The van der Waals surface area contributed by atoms with Gasteiger partial charge in [0.25, 0.3) is 5.91 Å². The predicted octanol–water partition coefficient (Wildman–Crippen LogP) is 3.40. The smallest absolute Gasteiger partial charge is 0.253 e. The van der Waals surface area contributed by atoms with Gasteiger partial charge in [0.15, 0.2) is 0 Å². The number of nitrogens with two attached hydrogens (primary N) is 1. The van der Waals surface area contributed by atoms with Gasteiger partial charge >= 0.3 is 0 Å². The van der Waals surface area contributed by atoms with Gasteiger partial charge in [-0.15, -0.1) is 12.4 Å². The molecule has 3 nitrogen and oxygen atoms in total. The summed E-state index contributed by atoms with van der Waals surface area (Å²) in [5.41, 5.74) is 8.43. The van der Waals surface area contributed by atoms with Crippen molar-refractivity contribution in [3.8, 4) is 0 Å². The summed E-state index contributed by atoms with van der Waals surface area (Å²) in [7, 11) is 0. The molecule has 0 saturated carbocycles. The minimum absolute atomic E-state index is 0. The second kappa shape index (κ2) is 7.32. The average Bonchev–Trinajstić information content (AvgIpc) is 2.97. The molecule has 22 heavy (non-hydrogen) atoms. The highest BCUT2D eigenvalue weighted by Gasteiger charge is 2.26. The van der Waals surface area contributed by atoms with Crippen LogP contribution in [0.5, 0.6) is 0 Å². The van der Waals surface area contributed by atoms with Crippen molar-refractivity contribution in [2.75, 3.05) is 18.8 Å². The fourth-order valence-corrected chi connectivity index (χ4v) is 2.94. The fraction of sp³-hybridized carbons (Fsp3) is 0.278. The molecule has 1 atom stereocenters. The summed E-state index contributed by atoms with van der Waals surface area (Å²) >= 11 is 0. The molecule has 1 amide bonds. The Morgan fingerprint density at radius 3 is 2.45 bits per heavy atom. The molecule has 1 unspecified atom stereocenters. The molecule has 0 aromatic heterocycles. The van der Waals surface area contributed by atoms with Crippen LogP contribution in [-0.4, -0.2) is 23.9 Å². The molecule has 116 valence electrons. The van der Waals surface area contributed by atoms with E-state index in [1.54, 1.807) is 12.1 Å². The molecule has 1 heterocycles. The average molecular weight is 317 g/mol. The Morgan fingerprint density at radius 1 is 1.09 bits per heavy atom. The van der Waals surface area contributed by atoms with E-state index in [-0.39, 0.29) is 18.3 Å². The number of rotatable bonds is 3. The molecule has 3 rings (SSSR count). The minimum Gasteiger partial charge on any atom is -0.399 e. The first-order valence-corrected chi connectivity index (χ1v) is 7.41. The number of benzene rings is 2. The highest BCUT2D eigenvalue weighted by Crippen LogP contribution is 2.22. The normalized spacial score (nSPS) is 17.1. The number of hydrogen-bond acceptors (Lipinski definition) is 2. The SMILES string of the molecule is Cl.Nc1ccc(C(=O)N2CCC(Cc3ccccc3)C2)cc1. The first-order chi connectivity index (χ1) is 10.2. The number of nitrogens with zero attached hydrogens (tertiary/aromatic N) is 1. The number of anilines is 1. The summed E-state index contributed by atoms with van der Waals surface area (Å²) < 4.78 is 0. The van der Waals surface area contributed by atoms with Gasteiger partial charge in [0.1, 0.15) is 0 Å². The van der Waals surface area contributed by atoms with Crippen molar-refractivity contribution in [1.82, 2.24) is 4.90 Å². The molecule has 2 aromatic rings. The number of likely N-dealkylation sites (tertiary alicyclic amines) is 1. The van der Waals surface area contributed by atoms with Gasteiger partial charge in [-0.3, -0.25) is 4.79 Å². The molecule has 2 N–H and O–H groups in total. The van der Waals surface area contributed by atoms with Crippen LogP contribution >= 0.6 is 12.4 Å². The second-order valence-electron chi connectivity index (χ2n) is 5.72. The lowest BCUT2D eigenvalue weighted by molar-refractivity contribution is 0.0787. The molecular formula is C18H21ClN2O. The number of carbonyl (C=O) groups is 1. The Kier molecular flexibility index (Phi) is 5.45. The summed E-state index contributed by atoms with van der Waals surface area (Å²) in [6.45, 7) is 1.69. The lowest BCUT2D eigenvalue weighted by Crippen LogP contribution is -2.28. The van der Waals surface area contributed by atoms with Crippen LogP contribution in [0.15, 0.2) is 54.6 Å². The van der Waals surface area contributed by atoms with Crippen LogP contribution < -0.4 is 5.73 Å². The van der Waals surface area contributed by atoms with Crippen LogP contribution in [-0.2, 0) is 6.42 Å². The zero-order valence-electron chi connectivity index (χ0n) is 12.4. The number of nitrogen functional groups attached to an aromatic ring is 1. The molecule has 0 spiro atoms. The molecule has 0 bridgehead atoms. The zero-order chi connectivity index (χ0) is 14.7. The zero-order valence-corrected chi connectivity index (χ0v) is 13.3. The predicted molar refractivity (Wildman–Crippen MR) is 92.3 cm³/mol. The molecule has 0 radical (unpaired) electrons. The third kappa shape index (κ3) is 3.80. The van der Waals surface area contributed by atoms with Gasteiger partial charge in [-0.2, -0.15) is 0 Å². The Balaban J connectivity index is 0.00000176. The molecule has 2 aromatic carbocycles. The van der Waals surface area contributed by atoms with Crippen molar-refractivity contribution in [3.63, 3.8) is 0 Å². The third-order valence-corrected chi connectivity index (χ3v) is 4.10. The standard InChI is InChI=1S/C18H20N2O.ClH/c19-17-8-6-16(7-9-17)18(21)20-11-10-15(13-20)12-14-4-2-1-3-5-14;/h1-9,15H,10-13,19H2;1H. The van der Waals surface area contributed by atoms with Gasteiger partial charge in [-0.1, -0.05) is 30.3 Å². The van der Waals surface area contributed by atoms with Crippen LogP contribution in [0.4, 0.5) is 5.69 Å². The Bertz CT molecular complexity index is 613. The van der Waals surface area contributed by atoms with E-state index < -0.39 is 0 Å². The topological polar surface area (TPSA) is 46.3 Å². The van der Waals surface area contributed by atoms with E-state index in [9.17, 15) is 4.79 Å². The van der Waals surface area contributed by atoms with Crippen molar-refractivity contribution < 1.29 is 4.79 Å². The number of carbonyl (C=O) groups excluding carboxylic acids is 1. The van der Waals surface area contributed by atoms with Crippen molar-refractivity contribution in [2.45, 2.75) is 12.8 Å². The summed E-state index contributed by atoms with van der Waals surface area (Å²) in [6, 6.07) is 17.7. The first kappa shape index (κ1) is 16.4. The minimum atomic E-state index is 0. The monoisotopic (exact) mass is 316 g/mol. The van der Waals surface area contributed by atoms with Gasteiger partial charge in [-0.05, 0) is 48.6 Å². The van der Waals surface area contributed by atoms with E-state index in [0.29, 0.717) is 11.6 Å². The largest absolute Gasteiger partial charge is 0.399 e. The highest BCUT2D eigenvalue weighted by molar-refractivity contribution is 5.94. The van der Waals surface area contributed by atoms with Gasteiger partial charge in [0, 0.05) is 24.3 Å². The number of halogens is 1. The molecular weight excluding hydrogens is 296 g/mol. The maximum Gasteiger partial charge on any atom is 0.253 e. The Labute approximate surface area is 137 Å². The summed E-state index contributed by atoms with van der Waals surface area (Å²) in [4.78, 5) is 14.4. The van der Waals surface area contributed by atoms with Gasteiger partial charge < -0.3 is 10.6 Å². The molecule has 1 aliphatic rings. The van der Waals surface area contributed by atoms with Gasteiger partial charge in [0.05, 0.1) is 0 Å². The lowest BCUT2D eigenvalue weighted by atomic mass is 9.99. The van der Waals surface area contributed by atoms with E-state index in [1.807, 2.05) is 23.1 Å². The molecule has 1 aliphatic heterocycles. The van der Waals surface area contributed by atoms with E-state index >= 15 is 0 Å². The van der Waals surface area contributed by atoms with Crippen molar-refractivity contribution >= 4 is 24.0 Å². The first-order valence-electron chi connectivity index (χ1n) is 7.41. The molecule has 1 saturated heterocycles. The number of amides is 1. The fourth-order valence-electron chi connectivity index (χ4n) is 2.94. The maximum absolute atomic E-state index is 12.4. The molecule has 0 aliphatic carbocycles. The number of hydrogen-bond donors (Lipinski definition) is 1. The second-order valence-corrected chi connectivity index (χ2v) is 5.72. The summed E-state index contributed by atoms with van der Waals surface area (Å²) in [5.74, 6) is 0.677. The molecule has 4 heteroatoms. The highest BCUT2D eigenvalue weighted by atomic mass is 35.5. The third-order valence-electron chi connectivity index (χ3n) is 4.10. The van der Waals surface area contributed by atoms with Crippen LogP contribution in [0.1, 0.15) is 22.3 Å². The van der Waals surface area contributed by atoms with Gasteiger partial charge in [0.2, 0.25) is 0 Å². The Morgan fingerprint density at radius 2 is 1.77 bits per heavy atom. The van der Waals surface area contributed by atoms with Crippen LogP contribution in [0.3, 0.4) is 0 Å². The summed E-state index contributed by atoms with van der Waals surface area (Å²) in [5, 5.41) is 0. The van der Waals surface area contributed by atoms with Crippen LogP contribution in [0.2, 0.25) is 0 Å². The molecule has 1 fully saturated rings. The van der Waals surface area contributed by atoms with E-state index in [1.165, 1.54) is 5.56 Å².